The summed E-state index contributed by atoms with van der Waals surface area (Å²) >= 11 is 0. The molecule has 0 aromatic heterocycles. The third-order valence-electron chi connectivity index (χ3n) is 3.37. The van der Waals surface area contributed by atoms with Crippen LogP contribution in [-0.4, -0.2) is 51.8 Å². The Labute approximate surface area is 127 Å². The molecule has 0 aliphatic heterocycles. The lowest BCUT2D eigenvalue weighted by atomic mass is 9.92. The molecule has 0 bridgehead atoms. The number of likely N-dealkylation sites (N-methyl/N-ethyl adjacent to an activating group) is 1. The number of ether oxygens (including phenoxy) is 2. The minimum Gasteiger partial charge on any atom is -0.494 e. The lowest BCUT2D eigenvalue weighted by molar-refractivity contribution is -0.148. The number of nitrogens with zero attached hydrogens (tertiary/aromatic N) is 1. The van der Waals surface area contributed by atoms with Gasteiger partial charge in [0.15, 0.2) is 0 Å². The largest absolute Gasteiger partial charge is 0.494 e. The molecular weight excluding hydrogens is 268 g/mol. The molecule has 0 aliphatic rings. The molecule has 1 N–H and O–H groups in total. The summed E-state index contributed by atoms with van der Waals surface area (Å²) in [7, 11) is 5.39. The molecule has 1 atom stereocenters. The zero-order valence-electron chi connectivity index (χ0n) is 13.6. The third-order valence-corrected chi connectivity index (χ3v) is 3.37. The Bertz CT molecular complexity index is 445. The molecule has 21 heavy (non-hydrogen) atoms. The summed E-state index contributed by atoms with van der Waals surface area (Å²) in [6.07, 6.45) is 0. The molecule has 0 radical (unpaired) electrons. The molecular formula is C16H26N2O3. The monoisotopic (exact) mass is 294 g/mol. The molecule has 5 heteroatoms. The van der Waals surface area contributed by atoms with Gasteiger partial charge >= 0.3 is 5.97 Å². The van der Waals surface area contributed by atoms with E-state index in [1.165, 1.54) is 7.11 Å². The van der Waals surface area contributed by atoms with Gasteiger partial charge in [0.05, 0.1) is 13.7 Å². The maximum atomic E-state index is 12.2. The van der Waals surface area contributed by atoms with Crippen LogP contribution in [-0.2, 0) is 15.1 Å². The van der Waals surface area contributed by atoms with Crippen molar-refractivity contribution < 1.29 is 14.3 Å². The minimum atomic E-state index is -0.866. The van der Waals surface area contributed by atoms with E-state index < -0.39 is 5.54 Å². The molecule has 0 saturated heterocycles. The topological polar surface area (TPSA) is 50.8 Å². The zero-order valence-corrected chi connectivity index (χ0v) is 13.6. The molecule has 1 rings (SSSR count). The van der Waals surface area contributed by atoms with Crippen LogP contribution in [0.4, 0.5) is 0 Å². The van der Waals surface area contributed by atoms with Gasteiger partial charge in [-0.2, -0.15) is 0 Å². The van der Waals surface area contributed by atoms with Crippen LogP contribution in [0, 0.1) is 0 Å². The number of benzene rings is 1. The Morgan fingerprint density at radius 3 is 2.38 bits per heavy atom. The van der Waals surface area contributed by atoms with Crippen LogP contribution >= 0.6 is 0 Å². The maximum Gasteiger partial charge on any atom is 0.330 e. The molecule has 118 valence electrons. The lowest BCUT2D eigenvalue weighted by Crippen LogP contribution is -2.49. The average Bonchev–Trinajstić information content (AvgIpc) is 2.46. The summed E-state index contributed by atoms with van der Waals surface area (Å²) in [6, 6.07) is 7.52. The number of esters is 1. The van der Waals surface area contributed by atoms with Crippen molar-refractivity contribution in [1.82, 2.24) is 10.2 Å². The number of methoxy groups -OCH3 is 1. The van der Waals surface area contributed by atoms with Crippen LogP contribution in [0.1, 0.15) is 19.4 Å². The second-order valence-corrected chi connectivity index (χ2v) is 5.30. The number of hydrogen-bond donors (Lipinski definition) is 1. The molecule has 0 amide bonds. The number of carbonyl (C=O) groups excluding carboxylic acids is 1. The first-order chi connectivity index (χ1) is 9.93. The van der Waals surface area contributed by atoms with Gasteiger partial charge in [-0.25, -0.2) is 4.79 Å². The predicted octanol–water partition coefficient (Wildman–Crippen LogP) is 1.62. The van der Waals surface area contributed by atoms with Crippen LogP contribution in [0.3, 0.4) is 0 Å². The Morgan fingerprint density at radius 2 is 1.90 bits per heavy atom. The summed E-state index contributed by atoms with van der Waals surface area (Å²) in [6.45, 7) is 5.92. The highest BCUT2D eigenvalue weighted by atomic mass is 16.5. The zero-order chi connectivity index (χ0) is 15.9. The van der Waals surface area contributed by atoms with Crippen molar-refractivity contribution in [2.75, 3.05) is 40.9 Å². The van der Waals surface area contributed by atoms with Gasteiger partial charge in [-0.15, -0.1) is 0 Å². The molecule has 1 unspecified atom stereocenters. The number of nitrogens with one attached hydrogen (secondary N) is 1. The van der Waals surface area contributed by atoms with E-state index in [1.807, 2.05) is 52.2 Å². The highest BCUT2D eigenvalue weighted by Crippen LogP contribution is 2.24. The van der Waals surface area contributed by atoms with Gasteiger partial charge < -0.3 is 14.4 Å². The van der Waals surface area contributed by atoms with Crippen molar-refractivity contribution in [3.8, 4) is 5.75 Å². The van der Waals surface area contributed by atoms with Crippen LogP contribution in [0.2, 0.25) is 0 Å². The van der Waals surface area contributed by atoms with Crippen LogP contribution < -0.4 is 10.1 Å². The number of rotatable bonds is 8. The quantitative estimate of drug-likeness (QED) is 0.739. The van der Waals surface area contributed by atoms with Gasteiger partial charge in [-0.1, -0.05) is 12.1 Å². The Balaban J connectivity index is 2.92. The van der Waals surface area contributed by atoms with Crippen molar-refractivity contribution in [2.45, 2.75) is 19.4 Å². The van der Waals surface area contributed by atoms with Gasteiger partial charge in [-0.3, -0.25) is 5.32 Å². The highest BCUT2D eigenvalue weighted by molar-refractivity contribution is 5.82. The van der Waals surface area contributed by atoms with E-state index in [9.17, 15) is 4.79 Å². The van der Waals surface area contributed by atoms with Gasteiger partial charge in [0.1, 0.15) is 11.3 Å². The first-order valence-electron chi connectivity index (χ1n) is 7.15. The lowest BCUT2D eigenvalue weighted by Gasteiger charge is -2.29. The van der Waals surface area contributed by atoms with Gasteiger partial charge in [0, 0.05) is 13.1 Å². The molecule has 0 aliphatic carbocycles. The summed E-state index contributed by atoms with van der Waals surface area (Å²) in [4.78, 5) is 14.2. The van der Waals surface area contributed by atoms with Gasteiger partial charge in [0.25, 0.3) is 0 Å². The SMILES string of the molecule is CCOc1ccc(C(C)(NCCN(C)C)C(=O)OC)cc1. The molecule has 1 aromatic rings. The maximum absolute atomic E-state index is 12.2. The third kappa shape index (κ3) is 4.72. The highest BCUT2D eigenvalue weighted by Gasteiger charge is 2.35. The van der Waals surface area contributed by atoms with Crippen molar-refractivity contribution in [3.05, 3.63) is 29.8 Å². The van der Waals surface area contributed by atoms with E-state index in [-0.39, 0.29) is 5.97 Å². The summed E-state index contributed by atoms with van der Waals surface area (Å²) in [5.74, 6) is 0.493. The van der Waals surface area contributed by atoms with E-state index in [4.69, 9.17) is 9.47 Å². The first kappa shape index (κ1) is 17.5. The Morgan fingerprint density at radius 1 is 1.29 bits per heavy atom. The summed E-state index contributed by atoms with van der Waals surface area (Å²) < 4.78 is 10.4. The summed E-state index contributed by atoms with van der Waals surface area (Å²) in [5.41, 5.74) is -0.00765. The molecule has 5 nitrogen and oxygen atoms in total. The number of carbonyl (C=O) groups is 1. The van der Waals surface area contributed by atoms with Crippen LogP contribution in [0.25, 0.3) is 0 Å². The standard InChI is InChI=1S/C16H26N2O3/c1-6-21-14-9-7-13(8-10-14)16(2,15(19)20-5)17-11-12-18(3)4/h7-10,17H,6,11-12H2,1-5H3. The average molecular weight is 294 g/mol. The first-order valence-corrected chi connectivity index (χ1v) is 7.15. The fourth-order valence-corrected chi connectivity index (χ4v) is 2.08. The van der Waals surface area contributed by atoms with E-state index >= 15 is 0 Å². The molecule has 0 fully saturated rings. The van der Waals surface area contributed by atoms with E-state index in [0.29, 0.717) is 13.2 Å². The predicted molar refractivity (Wildman–Crippen MR) is 83.5 cm³/mol. The van der Waals surface area contributed by atoms with E-state index in [2.05, 4.69) is 10.2 Å². The van der Waals surface area contributed by atoms with Gasteiger partial charge in [0.2, 0.25) is 0 Å². The normalized spacial score (nSPS) is 13.8. The van der Waals surface area contributed by atoms with Crippen LogP contribution in [0.15, 0.2) is 24.3 Å². The van der Waals surface area contributed by atoms with Gasteiger partial charge in [-0.05, 0) is 45.6 Å². The summed E-state index contributed by atoms with van der Waals surface area (Å²) in [5, 5.41) is 3.29. The molecule has 0 heterocycles. The number of hydrogen-bond acceptors (Lipinski definition) is 5. The Hall–Kier alpha value is -1.59. The second kappa shape index (κ2) is 8.00. The van der Waals surface area contributed by atoms with Crippen molar-refractivity contribution in [2.24, 2.45) is 0 Å². The molecule has 0 saturated carbocycles. The van der Waals surface area contributed by atoms with Crippen molar-refractivity contribution >= 4 is 5.97 Å². The van der Waals surface area contributed by atoms with Crippen LogP contribution in [0.5, 0.6) is 5.75 Å². The Kier molecular flexibility index (Phi) is 6.65. The smallest absolute Gasteiger partial charge is 0.330 e. The van der Waals surface area contributed by atoms with Crippen molar-refractivity contribution in [1.29, 1.82) is 0 Å². The minimum absolute atomic E-state index is 0.301. The second-order valence-electron chi connectivity index (χ2n) is 5.30. The molecule has 0 spiro atoms. The van der Waals surface area contributed by atoms with E-state index in [0.717, 1.165) is 17.9 Å². The van der Waals surface area contributed by atoms with Crippen molar-refractivity contribution in [3.63, 3.8) is 0 Å². The fraction of sp³-hybridized carbons (Fsp3) is 0.562. The van der Waals surface area contributed by atoms with E-state index in [1.54, 1.807) is 0 Å². The molecule has 1 aromatic carbocycles. The fourth-order valence-electron chi connectivity index (χ4n) is 2.08.